The number of alkyl halides is 3. The third-order valence-electron chi connectivity index (χ3n) is 4.96. The molecule has 2 N–H and O–H groups in total. The minimum atomic E-state index is -4.53. The van der Waals surface area contributed by atoms with Gasteiger partial charge in [0, 0.05) is 6.04 Å². The van der Waals surface area contributed by atoms with Gasteiger partial charge in [0.1, 0.15) is 12.7 Å². The Hall–Kier alpha value is -3.20. The third-order valence-corrected chi connectivity index (χ3v) is 4.96. The van der Waals surface area contributed by atoms with E-state index in [2.05, 4.69) is 46.7 Å². The van der Waals surface area contributed by atoms with Crippen LogP contribution >= 0.6 is 0 Å². The average molecular weight is 445 g/mol. The number of amides is 1. The van der Waals surface area contributed by atoms with E-state index in [0.29, 0.717) is 5.92 Å². The van der Waals surface area contributed by atoms with E-state index in [0.717, 1.165) is 24.1 Å². The zero-order chi connectivity index (χ0) is 23.3. The molecule has 1 unspecified atom stereocenters. The van der Waals surface area contributed by atoms with Crippen molar-refractivity contribution in [3.63, 3.8) is 0 Å². The molecule has 0 fully saturated rings. The number of aromatic nitrogens is 3. The minimum absolute atomic E-state index is 0.00261. The quantitative estimate of drug-likeness (QED) is 0.524. The molecule has 0 aliphatic carbocycles. The van der Waals surface area contributed by atoms with Crippen LogP contribution in [0.25, 0.3) is 5.69 Å². The van der Waals surface area contributed by atoms with E-state index in [-0.39, 0.29) is 24.0 Å². The van der Waals surface area contributed by atoms with E-state index in [1.807, 2.05) is 19.1 Å². The SMILES string of the molecule is CC(C)Cc1ccc(C(C)NCC(=O)Nc2cc(C(F)(F)F)ccc2-n2cncn2)cc1. The number of carbonyl (C=O) groups excluding carboxylic acids is 1. The fourth-order valence-corrected chi connectivity index (χ4v) is 3.32. The second-order valence-electron chi connectivity index (χ2n) is 8.06. The Balaban J connectivity index is 1.67. The van der Waals surface area contributed by atoms with Gasteiger partial charge in [-0.1, -0.05) is 38.1 Å². The number of nitrogens with zero attached hydrogens (tertiary/aromatic N) is 3. The molecule has 1 atom stereocenters. The first kappa shape index (κ1) is 23.5. The Morgan fingerprint density at radius 1 is 1.09 bits per heavy atom. The molecule has 1 amide bonds. The molecule has 170 valence electrons. The van der Waals surface area contributed by atoms with Crippen molar-refractivity contribution in [2.45, 2.75) is 39.4 Å². The largest absolute Gasteiger partial charge is 0.416 e. The van der Waals surface area contributed by atoms with Gasteiger partial charge in [0.25, 0.3) is 0 Å². The molecule has 0 saturated heterocycles. The maximum Gasteiger partial charge on any atom is 0.416 e. The van der Waals surface area contributed by atoms with Gasteiger partial charge in [0.2, 0.25) is 5.91 Å². The van der Waals surface area contributed by atoms with Crippen molar-refractivity contribution in [3.8, 4) is 5.69 Å². The summed E-state index contributed by atoms with van der Waals surface area (Å²) in [6.07, 6.45) is -0.926. The number of benzene rings is 2. The monoisotopic (exact) mass is 445 g/mol. The molecule has 0 saturated carbocycles. The maximum absolute atomic E-state index is 13.2. The summed E-state index contributed by atoms with van der Waals surface area (Å²) in [6, 6.07) is 11.2. The first-order chi connectivity index (χ1) is 15.1. The molecule has 3 rings (SSSR count). The topological polar surface area (TPSA) is 71.8 Å². The highest BCUT2D eigenvalue weighted by atomic mass is 19.4. The molecule has 1 heterocycles. The van der Waals surface area contributed by atoms with Gasteiger partial charge in [0.05, 0.1) is 23.5 Å². The normalized spacial score (nSPS) is 12.7. The van der Waals surface area contributed by atoms with Crippen molar-refractivity contribution in [2.75, 3.05) is 11.9 Å². The van der Waals surface area contributed by atoms with Crippen LogP contribution in [0.2, 0.25) is 0 Å². The van der Waals surface area contributed by atoms with Gasteiger partial charge in [-0.05, 0) is 48.6 Å². The zero-order valence-corrected chi connectivity index (χ0v) is 18.1. The van der Waals surface area contributed by atoms with E-state index >= 15 is 0 Å². The molecule has 1 aromatic heterocycles. The standard InChI is InChI=1S/C23H26F3N5O/c1-15(2)10-17-4-6-18(7-5-17)16(3)28-12-22(32)30-20-11-19(23(24,25)26)8-9-21(20)31-14-27-13-29-31/h4-9,11,13-16,28H,10,12H2,1-3H3,(H,30,32). The molecule has 9 heteroatoms. The Kier molecular flexibility index (Phi) is 7.29. The molecular formula is C23H26F3N5O. The smallest absolute Gasteiger partial charge is 0.323 e. The van der Waals surface area contributed by atoms with Crippen molar-refractivity contribution in [1.29, 1.82) is 0 Å². The number of anilines is 1. The van der Waals surface area contributed by atoms with Crippen LogP contribution in [0.1, 0.15) is 43.5 Å². The predicted molar refractivity (Wildman–Crippen MR) is 116 cm³/mol. The van der Waals surface area contributed by atoms with Gasteiger partial charge in [-0.25, -0.2) is 9.67 Å². The van der Waals surface area contributed by atoms with E-state index < -0.39 is 17.6 Å². The van der Waals surface area contributed by atoms with Crippen LogP contribution in [-0.2, 0) is 17.4 Å². The van der Waals surface area contributed by atoms with Crippen molar-refractivity contribution < 1.29 is 18.0 Å². The summed E-state index contributed by atoms with van der Waals surface area (Å²) >= 11 is 0. The van der Waals surface area contributed by atoms with Crippen molar-refractivity contribution in [2.24, 2.45) is 5.92 Å². The number of nitrogens with one attached hydrogen (secondary N) is 2. The summed E-state index contributed by atoms with van der Waals surface area (Å²) in [7, 11) is 0. The molecule has 0 spiro atoms. The lowest BCUT2D eigenvalue weighted by Gasteiger charge is -2.17. The number of halogens is 3. The van der Waals surface area contributed by atoms with Crippen LogP contribution in [0.5, 0.6) is 0 Å². The summed E-state index contributed by atoms with van der Waals surface area (Å²) in [5, 5.41) is 9.61. The van der Waals surface area contributed by atoms with E-state index in [1.165, 1.54) is 29.0 Å². The van der Waals surface area contributed by atoms with Crippen molar-refractivity contribution in [1.82, 2.24) is 20.1 Å². The third kappa shape index (κ3) is 6.16. The lowest BCUT2D eigenvalue weighted by atomic mass is 10.00. The molecule has 2 aromatic carbocycles. The van der Waals surface area contributed by atoms with Gasteiger partial charge in [-0.3, -0.25) is 4.79 Å². The molecule has 6 nitrogen and oxygen atoms in total. The van der Waals surface area contributed by atoms with E-state index in [4.69, 9.17) is 0 Å². The molecule has 0 aliphatic heterocycles. The highest BCUT2D eigenvalue weighted by Gasteiger charge is 2.31. The Morgan fingerprint density at radius 3 is 2.41 bits per heavy atom. The number of hydrogen-bond acceptors (Lipinski definition) is 4. The minimum Gasteiger partial charge on any atom is -0.323 e. The molecule has 3 aromatic rings. The van der Waals surface area contributed by atoms with Gasteiger partial charge in [-0.2, -0.15) is 18.3 Å². The van der Waals surface area contributed by atoms with Gasteiger partial charge >= 0.3 is 6.18 Å². The van der Waals surface area contributed by atoms with E-state index in [9.17, 15) is 18.0 Å². The van der Waals surface area contributed by atoms with Crippen LogP contribution in [0.4, 0.5) is 18.9 Å². The van der Waals surface area contributed by atoms with Crippen LogP contribution in [0.15, 0.2) is 55.1 Å². The molecule has 0 aliphatic rings. The molecule has 0 bridgehead atoms. The second-order valence-corrected chi connectivity index (χ2v) is 8.06. The lowest BCUT2D eigenvalue weighted by molar-refractivity contribution is -0.137. The summed E-state index contributed by atoms with van der Waals surface area (Å²) in [4.78, 5) is 16.3. The van der Waals surface area contributed by atoms with Crippen LogP contribution in [0.3, 0.4) is 0 Å². The van der Waals surface area contributed by atoms with Gasteiger partial charge < -0.3 is 10.6 Å². The molecule has 32 heavy (non-hydrogen) atoms. The first-order valence-electron chi connectivity index (χ1n) is 10.3. The number of hydrogen-bond donors (Lipinski definition) is 2. The summed E-state index contributed by atoms with van der Waals surface area (Å²) < 4.78 is 40.8. The highest BCUT2D eigenvalue weighted by molar-refractivity contribution is 5.94. The number of carbonyl (C=O) groups is 1. The van der Waals surface area contributed by atoms with Crippen LogP contribution in [0, 0.1) is 5.92 Å². The lowest BCUT2D eigenvalue weighted by Crippen LogP contribution is -2.30. The Morgan fingerprint density at radius 2 is 1.81 bits per heavy atom. The van der Waals surface area contributed by atoms with Crippen LogP contribution in [-0.4, -0.2) is 27.2 Å². The fourth-order valence-electron chi connectivity index (χ4n) is 3.32. The first-order valence-corrected chi connectivity index (χ1v) is 10.3. The summed E-state index contributed by atoms with van der Waals surface area (Å²) in [5.74, 6) is 0.104. The fraction of sp³-hybridized carbons (Fsp3) is 0.348. The van der Waals surface area contributed by atoms with E-state index in [1.54, 1.807) is 0 Å². The molecule has 0 radical (unpaired) electrons. The maximum atomic E-state index is 13.2. The number of rotatable bonds is 8. The zero-order valence-electron chi connectivity index (χ0n) is 18.1. The average Bonchev–Trinajstić information content (AvgIpc) is 3.26. The van der Waals surface area contributed by atoms with Gasteiger partial charge in [0.15, 0.2) is 0 Å². The summed E-state index contributed by atoms with van der Waals surface area (Å²) in [5.41, 5.74) is 1.70. The predicted octanol–water partition coefficient (Wildman–Crippen LogP) is 4.77. The van der Waals surface area contributed by atoms with Gasteiger partial charge in [-0.15, -0.1) is 0 Å². The summed E-state index contributed by atoms with van der Waals surface area (Å²) in [6.45, 7) is 6.18. The van der Waals surface area contributed by atoms with Crippen molar-refractivity contribution in [3.05, 3.63) is 71.8 Å². The van der Waals surface area contributed by atoms with Crippen molar-refractivity contribution >= 4 is 11.6 Å². The second kappa shape index (κ2) is 9.95. The Labute approximate surface area is 184 Å². The molecular weight excluding hydrogens is 419 g/mol. The Bertz CT molecular complexity index is 1030. The van der Waals surface area contributed by atoms with Crippen LogP contribution < -0.4 is 10.6 Å². The highest BCUT2D eigenvalue weighted by Crippen LogP contribution is 2.33.